The van der Waals surface area contributed by atoms with Crippen LogP contribution in [0.5, 0.6) is 0 Å². The molecule has 152 valence electrons. The molecule has 0 radical (unpaired) electrons. The summed E-state index contributed by atoms with van der Waals surface area (Å²) in [5.41, 5.74) is 7.64. The van der Waals surface area contributed by atoms with Crippen LogP contribution in [0.25, 0.3) is 0 Å². The summed E-state index contributed by atoms with van der Waals surface area (Å²) in [6.45, 7) is 4.29. The van der Waals surface area contributed by atoms with Crippen molar-refractivity contribution in [1.82, 2.24) is 5.32 Å². The second kappa shape index (κ2) is 8.64. The van der Waals surface area contributed by atoms with E-state index in [2.05, 4.69) is 5.32 Å². The maximum absolute atomic E-state index is 12.5. The number of nitrogens with one attached hydrogen (secondary N) is 1. The number of carbonyl (C=O) groups is 1. The fourth-order valence-corrected chi connectivity index (χ4v) is 4.52. The van der Waals surface area contributed by atoms with E-state index < -0.39 is 9.84 Å². The third-order valence-corrected chi connectivity index (χ3v) is 6.96. The third-order valence-electron chi connectivity index (χ3n) is 5.25. The number of carbonyl (C=O) groups excluding carboxylic acids is 1. The molecule has 3 rings (SSSR count). The van der Waals surface area contributed by atoms with Crippen LogP contribution in [0.3, 0.4) is 0 Å². The molecule has 2 aromatic carbocycles. The quantitative estimate of drug-likeness (QED) is 0.716. The molecule has 0 aromatic heterocycles. The maximum Gasteiger partial charge on any atom is 0.251 e. The Kier molecular flexibility index (Phi) is 6.91. The molecule has 0 spiro atoms. The minimum Gasteiger partial charge on any atom is -0.345 e. The predicted octanol–water partition coefficient (Wildman–Crippen LogP) is 3.25. The van der Waals surface area contributed by atoms with E-state index in [0.717, 1.165) is 18.4 Å². The van der Waals surface area contributed by atoms with Crippen molar-refractivity contribution in [2.75, 3.05) is 6.54 Å². The van der Waals surface area contributed by atoms with E-state index in [1.807, 2.05) is 13.8 Å². The standard InChI is InChI=1S/C21H26N2O3S.ClH/c1-15-3-11-19(12-4-15)27(25,26)13-16-5-7-17(8-6-16)20(24)23-21(2,14-22)18-9-10-18;/h3-8,11-12,18H,9-10,13-14,22H2,1-2H3,(H,23,24);1H. The van der Waals surface area contributed by atoms with Crippen LogP contribution in [0.2, 0.25) is 0 Å². The first-order valence-corrected chi connectivity index (χ1v) is 10.8. The van der Waals surface area contributed by atoms with Gasteiger partial charge in [0.2, 0.25) is 0 Å². The Morgan fingerprint density at radius 1 is 1.11 bits per heavy atom. The highest BCUT2D eigenvalue weighted by Gasteiger charge is 2.41. The van der Waals surface area contributed by atoms with Crippen LogP contribution in [0.4, 0.5) is 0 Å². The lowest BCUT2D eigenvalue weighted by molar-refractivity contribution is 0.0898. The first-order valence-electron chi connectivity index (χ1n) is 9.14. The third kappa shape index (κ3) is 5.13. The fraction of sp³-hybridized carbons (Fsp3) is 0.381. The lowest BCUT2D eigenvalue weighted by atomic mass is 9.95. The number of nitrogens with two attached hydrogens (primary N) is 1. The Hall–Kier alpha value is -1.89. The highest BCUT2D eigenvalue weighted by atomic mass is 35.5. The molecule has 1 saturated carbocycles. The van der Waals surface area contributed by atoms with Gasteiger partial charge in [0.15, 0.2) is 9.84 Å². The summed E-state index contributed by atoms with van der Waals surface area (Å²) in [7, 11) is -3.42. The number of rotatable bonds is 7. The summed E-state index contributed by atoms with van der Waals surface area (Å²) in [6.07, 6.45) is 2.17. The Morgan fingerprint density at radius 3 is 2.18 bits per heavy atom. The molecule has 5 nitrogen and oxygen atoms in total. The zero-order valence-corrected chi connectivity index (χ0v) is 17.8. The van der Waals surface area contributed by atoms with Crippen LogP contribution < -0.4 is 11.1 Å². The molecule has 0 heterocycles. The van der Waals surface area contributed by atoms with Crippen molar-refractivity contribution in [3.8, 4) is 0 Å². The van der Waals surface area contributed by atoms with Crippen molar-refractivity contribution < 1.29 is 13.2 Å². The van der Waals surface area contributed by atoms with Crippen molar-refractivity contribution in [3.05, 3.63) is 65.2 Å². The molecule has 1 fully saturated rings. The number of benzene rings is 2. The van der Waals surface area contributed by atoms with Gasteiger partial charge >= 0.3 is 0 Å². The number of amides is 1. The molecule has 0 aliphatic heterocycles. The van der Waals surface area contributed by atoms with Crippen molar-refractivity contribution in [1.29, 1.82) is 0 Å². The fourth-order valence-electron chi connectivity index (χ4n) is 3.17. The molecule has 0 bridgehead atoms. The van der Waals surface area contributed by atoms with Gasteiger partial charge in [-0.1, -0.05) is 29.8 Å². The van der Waals surface area contributed by atoms with E-state index in [4.69, 9.17) is 5.73 Å². The summed E-state index contributed by atoms with van der Waals surface area (Å²) >= 11 is 0. The topological polar surface area (TPSA) is 89.3 Å². The lowest BCUT2D eigenvalue weighted by Crippen LogP contribution is -2.53. The molecule has 7 heteroatoms. The van der Waals surface area contributed by atoms with Gasteiger partial charge in [-0.15, -0.1) is 12.4 Å². The zero-order valence-electron chi connectivity index (χ0n) is 16.1. The summed E-state index contributed by atoms with van der Waals surface area (Å²) < 4.78 is 25.1. The number of aryl methyl sites for hydroxylation is 1. The van der Waals surface area contributed by atoms with Crippen LogP contribution in [0.1, 0.15) is 41.3 Å². The molecular weight excluding hydrogens is 396 g/mol. The van der Waals surface area contributed by atoms with E-state index in [-0.39, 0.29) is 29.6 Å². The van der Waals surface area contributed by atoms with E-state index >= 15 is 0 Å². The van der Waals surface area contributed by atoms with Crippen molar-refractivity contribution in [2.24, 2.45) is 11.7 Å². The Labute approximate surface area is 173 Å². The SMILES string of the molecule is Cc1ccc(S(=O)(=O)Cc2ccc(C(=O)NC(C)(CN)C3CC3)cc2)cc1.Cl. The minimum absolute atomic E-state index is 0. The van der Waals surface area contributed by atoms with Gasteiger partial charge < -0.3 is 11.1 Å². The molecule has 0 saturated heterocycles. The van der Waals surface area contributed by atoms with Crippen molar-refractivity contribution in [3.63, 3.8) is 0 Å². The average Bonchev–Trinajstić information content (AvgIpc) is 3.48. The van der Waals surface area contributed by atoms with Crippen molar-refractivity contribution >= 4 is 28.2 Å². The average molecular weight is 423 g/mol. The van der Waals surface area contributed by atoms with Gasteiger partial charge in [-0.25, -0.2) is 8.42 Å². The Bertz CT molecular complexity index is 923. The molecule has 2 aromatic rings. The normalized spacial score (nSPS) is 16.0. The number of sulfone groups is 1. The Balaban J connectivity index is 0.00000280. The van der Waals surface area contributed by atoms with Crippen LogP contribution >= 0.6 is 12.4 Å². The van der Waals surface area contributed by atoms with Gasteiger partial charge in [0, 0.05) is 12.1 Å². The predicted molar refractivity (Wildman–Crippen MR) is 113 cm³/mol. The molecular formula is C21H27ClN2O3S. The maximum atomic E-state index is 12.5. The molecule has 28 heavy (non-hydrogen) atoms. The number of hydrogen-bond donors (Lipinski definition) is 2. The molecule has 1 aliphatic rings. The van der Waals surface area contributed by atoms with Crippen LogP contribution in [0, 0.1) is 12.8 Å². The van der Waals surface area contributed by atoms with Gasteiger partial charge in [-0.05, 0) is 62.4 Å². The highest BCUT2D eigenvalue weighted by molar-refractivity contribution is 7.90. The van der Waals surface area contributed by atoms with Gasteiger partial charge in [0.1, 0.15) is 0 Å². The smallest absolute Gasteiger partial charge is 0.251 e. The largest absolute Gasteiger partial charge is 0.345 e. The minimum atomic E-state index is -3.42. The number of hydrogen-bond acceptors (Lipinski definition) is 4. The van der Waals surface area contributed by atoms with E-state index in [0.29, 0.717) is 28.5 Å². The van der Waals surface area contributed by atoms with E-state index in [1.54, 1.807) is 48.5 Å². The second-order valence-electron chi connectivity index (χ2n) is 7.62. The van der Waals surface area contributed by atoms with Gasteiger partial charge in [-0.2, -0.15) is 0 Å². The molecule has 1 aliphatic carbocycles. The van der Waals surface area contributed by atoms with Gasteiger partial charge in [-0.3, -0.25) is 4.79 Å². The highest BCUT2D eigenvalue weighted by Crippen LogP contribution is 2.39. The van der Waals surface area contributed by atoms with Crippen molar-refractivity contribution in [2.45, 2.75) is 42.9 Å². The monoisotopic (exact) mass is 422 g/mol. The van der Waals surface area contributed by atoms with Crippen LogP contribution in [0.15, 0.2) is 53.4 Å². The van der Waals surface area contributed by atoms with Gasteiger partial charge in [0.05, 0.1) is 16.2 Å². The first kappa shape index (κ1) is 22.4. The second-order valence-corrected chi connectivity index (χ2v) is 9.61. The summed E-state index contributed by atoms with van der Waals surface area (Å²) in [4.78, 5) is 12.8. The summed E-state index contributed by atoms with van der Waals surface area (Å²) in [5, 5.41) is 3.04. The summed E-state index contributed by atoms with van der Waals surface area (Å²) in [6, 6.07) is 13.5. The van der Waals surface area contributed by atoms with E-state index in [1.165, 1.54) is 0 Å². The molecule has 1 unspecified atom stereocenters. The molecule has 3 N–H and O–H groups in total. The number of halogens is 1. The zero-order chi connectivity index (χ0) is 19.7. The summed E-state index contributed by atoms with van der Waals surface area (Å²) in [5.74, 6) is 0.161. The van der Waals surface area contributed by atoms with Crippen LogP contribution in [-0.2, 0) is 15.6 Å². The van der Waals surface area contributed by atoms with E-state index in [9.17, 15) is 13.2 Å². The van der Waals surface area contributed by atoms with Crippen LogP contribution in [-0.4, -0.2) is 26.4 Å². The first-order chi connectivity index (χ1) is 12.7. The van der Waals surface area contributed by atoms with Gasteiger partial charge in [0.25, 0.3) is 5.91 Å². The Morgan fingerprint density at radius 2 is 1.68 bits per heavy atom. The molecule has 1 amide bonds. The molecule has 1 atom stereocenters. The lowest BCUT2D eigenvalue weighted by Gasteiger charge is -2.29.